The molecule has 1 N–H and O–H groups in total. The van der Waals surface area contributed by atoms with Crippen molar-refractivity contribution in [2.45, 2.75) is 25.5 Å². The van der Waals surface area contributed by atoms with Gasteiger partial charge in [-0.25, -0.2) is 0 Å². The van der Waals surface area contributed by atoms with E-state index in [1.165, 1.54) is 11.1 Å². The maximum absolute atomic E-state index is 5.58. The SMILES string of the molecule is COC1(CNCc2ccc(Br)c(C)c2)CCOC1. The summed E-state index contributed by atoms with van der Waals surface area (Å²) in [7, 11) is 1.76. The van der Waals surface area contributed by atoms with Crippen LogP contribution in [0.3, 0.4) is 0 Å². The van der Waals surface area contributed by atoms with Gasteiger partial charge in [0.2, 0.25) is 0 Å². The van der Waals surface area contributed by atoms with Gasteiger partial charge in [0, 0.05) is 37.7 Å². The molecule has 0 radical (unpaired) electrons. The standard InChI is InChI=1S/C14H20BrNO2/c1-11-7-12(3-4-13(11)15)8-16-9-14(17-2)5-6-18-10-14/h3-4,7,16H,5-6,8-10H2,1-2H3. The molecule has 0 saturated carbocycles. The first-order chi connectivity index (χ1) is 8.65. The van der Waals surface area contributed by atoms with E-state index in [0.29, 0.717) is 6.61 Å². The van der Waals surface area contributed by atoms with Crippen LogP contribution in [0.5, 0.6) is 0 Å². The summed E-state index contributed by atoms with van der Waals surface area (Å²) in [5, 5.41) is 3.46. The molecule has 2 rings (SSSR count). The van der Waals surface area contributed by atoms with E-state index >= 15 is 0 Å². The summed E-state index contributed by atoms with van der Waals surface area (Å²) < 4.78 is 12.2. The van der Waals surface area contributed by atoms with E-state index in [1.807, 2.05) is 0 Å². The molecule has 0 aromatic heterocycles. The summed E-state index contributed by atoms with van der Waals surface area (Å²) in [6.45, 7) is 5.29. The maximum atomic E-state index is 5.58. The summed E-state index contributed by atoms with van der Waals surface area (Å²) in [4.78, 5) is 0. The smallest absolute Gasteiger partial charge is 0.106 e. The van der Waals surface area contributed by atoms with E-state index in [-0.39, 0.29) is 5.60 Å². The van der Waals surface area contributed by atoms with Crippen molar-refractivity contribution in [3.05, 3.63) is 33.8 Å². The summed E-state index contributed by atoms with van der Waals surface area (Å²) in [5.74, 6) is 0. The fraction of sp³-hybridized carbons (Fsp3) is 0.571. The van der Waals surface area contributed by atoms with E-state index in [4.69, 9.17) is 9.47 Å². The lowest BCUT2D eigenvalue weighted by atomic mass is 10.0. The molecular formula is C14H20BrNO2. The van der Waals surface area contributed by atoms with E-state index < -0.39 is 0 Å². The zero-order chi connectivity index (χ0) is 13.0. The summed E-state index contributed by atoms with van der Waals surface area (Å²) in [6, 6.07) is 6.42. The van der Waals surface area contributed by atoms with Gasteiger partial charge >= 0.3 is 0 Å². The monoisotopic (exact) mass is 313 g/mol. The second-order valence-electron chi connectivity index (χ2n) is 4.88. The lowest BCUT2D eigenvalue weighted by Crippen LogP contribution is -2.42. The van der Waals surface area contributed by atoms with Gasteiger partial charge in [-0.2, -0.15) is 0 Å². The summed E-state index contributed by atoms with van der Waals surface area (Å²) in [6.07, 6.45) is 0.968. The number of aryl methyl sites for hydroxylation is 1. The first kappa shape index (κ1) is 14.0. The predicted octanol–water partition coefficient (Wildman–Crippen LogP) is 2.65. The molecule has 3 nitrogen and oxygen atoms in total. The van der Waals surface area contributed by atoms with Gasteiger partial charge in [0.1, 0.15) is 5.60 Å². The molecule has 1 aliphatic heterocycles. The van der Waals surface area contributed by atoms with Crippen molar-refractivity contribution in [3.63, 3.8) is 0 Å². The van der Waals surface area contributed by atoms with Gasteiger partial charge < -0.3 is 14.8 Å². The minimum Gasteiger partial charge on any atom is -0.378 e. The van der Waals surface area contributed by atoms with Crippen molar-refractivity contribution in [1.29, 1.82) is 0 Å². The lowest BCUT2D eigenvalue weighted by Gasteiger charge is -2.26. The van der Waals surface area contributed by atoms with Crippen LogP contribution in [0, 0.1) is 6.92 Å². The van der Waals surface area contributed by atoms with Crippen molar-refractivity contribution < 1.29 is 9.47 Å². The summed E-state index contributed by atoms with van der Waals surface area (Å²) in [5.41, 5.74) is 2.42. The van der Waals surface area contributed by atoms with Crippen molar-refractivity contribution in [2.24, 2.45) is 0 Å². The average molecular weight is 314 g/mol. The molecule has 1 unspecified atom stereocenters. The van der Waals surface area contributed by atoms with Gasteiger partial charge in [0.15, 0.2) is 0 Å². The highest BCUT2D eigenvalue weighted by Gasteiger charge is 2.34. The second kappa shape index (κ2) is 6.15. The minimum absolute atomic E-state index is 0.135. The van der Waals surface area contributed by atoms with Crippen LogP contribution < -0.4 is 5.32 Å². The molecular weight excluding hydrogens is 294 g/mol. The molecule has 18 heavy (non-hydrogen) atoms. The van der Waals surface area contributed by atoms with Gasteiger partial charge in [-0.3, -0.25) is 0 Å². The molecule has 0 amide bonds. The Morgan fingerprint density at radius 2 is 2.33 bits per heavy atom. The zero-order valence-electron chi connectivity index (χ0n) is 11.0. The molecule has 1 atom stereocenters. The highest BCUT2D eigenvalue weighted by molar-refractivity contribution is 9.10. The van der Waals surface area contributed by atoms with Crippen LogP contribution in [0.4, 0.5) is 0 Å². The van der Waals surface area contributed by atoms with Crippen LogP contribution in [0.2, 0.25) is 0 Å². The molecule has 1 fully saturated rings. The first-order valence-corrected chi connectivity index (χ1v) is 7.03. The lowest BCUT2D eigenvalue weighted by molar-refractivity contribution is -0.0159. The number of halogens is 1. The number of hydrogen-bond donors (Lipinski definition) is 1. The van der Waals surface area contributed by atoms with Crippen LogP contribution in [0.1, 0.15) is 17.5 Å². The summed E-state index contributed by atoms with van der Waals surface area (Å²) >= 11 is 3.51. The fourth-order valence-corrected chi connectivity index (χ4v) is 2.46. The molecule has 1 aromatic rings. The Kier molecular flexibility index (Phi) is 4.78. The Morgan fingerprint density at radius 3 is 2.94 bits per heavy atom. The third-order valence-electron chi connectivity index (χ3n) is 3.50. The van der Waals surface area contributed by atoms with Crippen molar-refractivity contribution >= 4 is 15.9 Å². The number of benzene rings is 1. The van der Waals surface area contributed by atoms with E-state index in [0.717, 1.165) is 30.6 Å². The third-order valence-corrected chi connectivity index (χ3v) is 4.39. The Labute approximate surface area is 117 Å². The van der Waals surface area contributed by atoms with Crippen molar-refractivity contribution in [1.82, 2.24) is 5.32 Å². The van der Waals surface area contributed by atoms with Crippen LogP contribution in [0.25, 0.3) is 0 Å². The molecule has 0 spiro atoms. The van der Waals surface area contributed by atoms with Gasteiger partial charge in [-0.15, -0.1) is 0 Å². The van der Waals surface area contributed by atoms with Crippen LogP contribution >= 0.6 is 15.9 Å². The number of hydrogen-bond acceptors (Lipinski definition) is 3. The van der Waals surface area contributed by atoms with E-state index in [9.17, 15) is 0 Å². The molecule has 1 saturated heterocycles. The number of nitrogens with one attached hydrogen (secondary N) is 1. The van der Waals surface area contributed by atoms with Crippen molar-refractivity contribution in [2.75, 3.05) is 26.9 Å². The highest BCUT2D eigenvalue weighted by Crippen LogP contribution is 2.22. The number of methoxy groups -OCH3 is 1. The van der Waals surface area contributed by atoms with Gasteiger partial charge in [-0.1, -0.05) is 28.1 Å². The number of ether oxygens (including phenoxy) is 2. The third kappa shape index (κ3) is 3.32. The molecule has 1 aliphatic rings. The zero-order valence-corrected chi connectivity index (χ0v) is 12.5. The highest BCUT2D eigenvalue weighted by atomic mass is 79.9. The van der Waals surface area contributed by atoms with E-state index in [1.54, 1.807) is 7.11 Å². The largest absolute Gasteiger partial charge is 0.378 e. The maximum Gasteiger partial charge on any atom is 0.106 e. The minimum atomic E-state index is -0.135. The number of rotatable bonds is 5. The molecule has 1 heterocycles. The Morgan fingerprint density at radius 1 is 1.50 bits per heavy atom. The Balaban J connectivity index is 1.86. The van der Waals surface area contributed by atoms with E-state index in [2.05, 4.69) is 46.4 Å². The molecule has 4 heteroatoms. The predicted molar refractivity (Wildman–Crippen MR) is 75.8 cm³/mol. The molecule has 0 bridgehead atoms. The normalized spacial score (nSPS) is 23.5. The fourth-order valence-electron chi connectivity index (χ4n) is 2.21. The quantitative estimate of drug-likeness (QED) is 0.906. The average Bonchev–Trinajstić information content (AvgIpc) is 2.83. The van der Waals surface area contributed by atoms with Crippen molar-refractivity contribution in [3.8, 4) is 0 Å². The Hall–Kier alpha value is -0.420. The van der Waals surface area contributed by atoms with Gasteiger partial charge in [-0.05, 0) is 24.1 Å². The van der Waals surface area contributed by atoms with Gasteiger partial charge in [0.05, 0.1) is 6.61 Å². The van der Waals surface area contributed by atoms with Crippen LogP contribution in [-0.2, 0) is 16.0 Å². The molecule has 100 valence electrons. The van der Waals surface area contributed by atoms with Crippen LogP contribution in [-0.4, -0.2) is 32.5 Å². The first-order valence-electron chi connectivity index (χ1n) is 6.24. The van der Waals surface area contributed by atoms with Gasteiger partial charge in [0.25, 0.3) is 0 Å². The van der Waals surface area contributed by atoms with Crippen LogP contribution in [0.15, 0.2) is 22.7 Å². The Bertz CT molecular complexity index is 403. The second-order valence-corrected chi connectivity index (χ2v) is 5.73. The molecule has 1 aromatic carbocycles. The topological polar surface area (TPSA) is 30.5 Å². The molecule has 0 aliphatic carbocycles.